The summed E-state index contributed by atoms with van der Waals surface area (Å²) >= 11 is 0. The van der Waals surface area contributed by atoms with Crippen molar-refractivity contribution in [2.75, 3.05) is 33.4 Å². The van der Waals surface area contributed by atoms with E-state index in [2.05, 4.69) is 13.8 Å². The molecule has 1 atom stereocenters. The summed E-state index contributed by atoms with van der Waals surface area (Å²) in [7, 11) is 1.83. The first-order valence-electron chi connectivity index (χ1n) is 11.9. The maximum absolute atomic E-state index is 13.3. The highest BCUT2D eigenvalue weighted by Crippen LogP contribution is 2.23. The molecule has 3 rings (SSSR count). The summed E-state index contributed by atoms with van der Waals surface area (Å²) < 4.78 is 12.0. The van der Waals surface area contributed by atoms with Gasteiger partial charge in [0.25, 0.3) is 11.8 Å². The molecule has 33 heavy (non-hydrogen) atoms. The van der Waals surface area contributed by atoms with E-state index < -0.39 is 0 Å². The van der Waals surface area contributed by atoms with Gasteiger partial charge in [0, 0.05) is 20.1 Å². The standard InChI is InChI=1S/C27H36N2O4/c1-21(2)18-22-19-33-25-15-9-8-14-24(25)27(31)28(3)16-10-5-11-17-29(22)26(30)20-32-23-12-6-4-7-13-23/h4,6-9,12-15,21-22H,5,10-11,16-20H2,1-3H3/t22-/m0/s1. The van der Waals surface area contributed by atoms with Crippen LogP contribution < -0.4 is 9.47 Å². The van der Waals surface area contributed by atoms with Crippen LogP contribution in [0.3, 0.4) is 0 Å². The molecule has 1 aliphatic heterocycles. The van der Waals surface area contributed by atoms with E-state index in [9.17, 15) is 9.59 Å². The molecule has 0 spiro atoms. The van der Waals surface area contributed by atoms with E-state index in [1.165, 1.54) is 0 Å². The van der Waals surface area contributed by atoms with Crippen molar-refractivity contribution < 1.29 is 19.1 Å². The van der Waals surface area contributed by atoms with Crippen molar-refractivity contribution >= 4 is 11.8 Å². The van der Waals surface area contributed by atoms with Gasteiger partial charge in [0.1, 0.15) is 18.1 Å². The second-order valence-corrected chi connectivity index (χ2v) is 9.07. The topological polar surface area (TPSA) is 59.1 Å². The van der Waals surface area contributed by atoms with E-state index in [4.69, 9.17) is 9.47 Å². The minimum atomic E-state index is -0.0986. The first kappa shape index (κ1) is 24.6. The van der Waals surface area contributed by atoms with Crippen LogP contribution in [0.25, 0.3) is 0 Å². The van der Waals surface area contributed by atoms with Gasteiger partial charge >= 0.3 is 0 Å². The lowest BCUT2D eigenvalue weighted by Crippen LogP contribution is -2.47. The molecule has 0 bridgehead atoms. The van der Waals surface area contributed by atoms with Gasteiger partial charge in [0.15, 0.2) is 6.61 Å². The minimum Gasteiger partial charge on any atom is -0.491 e. The first-order chi connectivity index (χ1) is 16.0. The Bertz CT molecular complexity index is 900. The highest BCUT2D eigenvalue weighted by molar-refractivity contribution is 5.96. The van der Waals surface area contributed by atoms with Crippen molar-refractivity contribution in [3.63, 3.8) is 0 Å². The van der Waals surface area contributed by atoms with Crippen LogP contribution in [0.2, 0.25) is 0 Å². The van der Waals surface area contributed by atoms with Crippen molar-refractivity contribution in [1.29, 1.82) is 0 Å². The molecule has 1 heterocycles. The van der Waals surface area contributed by atoms with Crippen molar-refractivity contribution in [3.8, 4) is 11.5 Å². The van der Waals surface area contributed by atoms with Crippen LogP contribution in [0.5, 0.6) is 11.5 Å². The zero-order valence-electron chi connectivity index (χ0n) is 20.0. The fourth-order valence-corrected chi connectivity index (χ4v) is 4.16. The number of carbonyl (C=O) groups excluding carboxylic acids is 2. The van der Waals surface area contributed by atoms with Gasteiger partial charge in [-0.25, -0.2) is 0 Å². The summed E-state index contributed by atoms with van der Waals surface area (Å²) in [6.45, 7) is 5.96. The van der Waals surface area contributed by atoms with Gasteiger partial charge in [-0.1, -0.05) is 44.2 Å². The molecule has 1 aliphatic rings. The molecule has 2 amide bonds. The number of para-hydroxylation sites is 2. The number of hydrogen-bond donors (Lipinski definition) is 0. The number of benzene rings is 2. The lowest BCUT2D eigenvalue weighted by molar-refractivity contribution is -0.137. The van der Waals surface area contributed by atoms with Gasteiger partial charge in [-0.2, -0.15) is 0 Å². The SMILES string of the molecule is CC(C)C[C@H]1COc2ccccc2C(=O)N(C)CCCCCN1C(=O)COc1ccccc1. The number of carbonyl (C=O) groups is 2. The van der Waals surface area contributed by atoms with Gasteiger partial charge in [-0.05, 0) is 55.9 Å². The Balaban J connectivity index is 1.81. The predicted molar refractivity (Wildman–Crippen MR) is 130 cm³/mol. The second-order valence-electron chi connectivity index (χ2n) is 9.07. The van der Waals surface area contributed by atoms with Crippen molar-refractivity contribution in [2.45, 2.75) is 45.6 Å². The minimum absolute atomic E-state index is 0.00355. The first-order valence-corrected chi connectivity index (χ1v) is 11.9. The molecule has 2 aromatic carbocycles. The number of nitrogens with zero attached hydrogens (tertiary/aromatic N) is 2. The Morgan fingerprint density at radius 2 is 1.73 bits per heavy atom. The van der Waals surface area contributed by atoms with Crippen molar-refractivity contribution in [3.05, 3.63) is 60.2 Å². The second kappa shape index (κ2) is 12.3. The molecule has 0 unspecified atom stereocenters. The summed E-state index contributed by atoms with van der Waals surface area (Å²) in [6.07, 6.45) is 3.52. The maximum Gasteiger partial charge on any atom is 0.260 e. The highest BCUT2D eigenvalue weighted by Gasteiger charge is 2.27. The Hall–Kier alpha value is -3.02. The van der Waals surface area contributed by atoms with E-state index in [-0.39, 0.29) is 24.5 Å². The third-order valence-corrected chi connectivity index (χ3v) is 5.90. The van der Waals surface area contributed by atoms with Crippen LogP contribution in [0, 0.1) is 5.92 Å². The molecule has 0 saturated carbocycles. The van der Waals surface area contributed by atoms with E-state index >= 15 is 0 Å². The largest absolute Gasteiger partial charge is 0.491 e. The zero-order valence-corrected chi connectivity index (χ0v) is 20.0. The summed E-state index contributed by atoms with van der Waals surface area (Å²) in [6, 6.07) is 16.7. The van der Waals surface area contributed by atoms with Crippen LogP contribution in [-0.4, -0.2) is 61.0 Å². The quantitative estimate of drug-likeness (QED) is 0.663. The normalized spacial score (nSPS) is 17.9. The van der Waals surface area contributed by atoms with Gasteiger partial charge in [-0.3, -0.25) is 9.59 Å². The molecule has 2 aromatic rings. The third-order valence-electron chi connectivity index (χ3n) is 5.90. The number of amides is 2. The summed E-state index contributed by atoms with van der Waals surface area (Å²) in [5, 5.41) is 0. The van der Waals surface area contributed by atoms with Crippen LogP contribution in [-0.2, 0) is 4.79 Å². The van der Waals surface area contributed by atoms with E-state index in [0.717, 1.165) is 25.7 Å². The Kier molecular flexibility index (Phi) is 9.16. The van der Waals surface area contributed by atoms with Crippen LogP contribution in [0.4, 0.5) is 0 Å². The molecule has 0 fully saturated rings. The van der Waals surface area contributed by atoms with Crippen LogP contribution in [0.1, 0.15) is 49.9 Å². The number of hydrogen-bond acceptors (Lipinski definition) is 4. The smallest absolute Gasteiger partial charge is 0.260 e. The third kappa shape index (κ3) is 7.24. The molecule has 0 aromatic heterocycles. The molecule has 178 valence electrons. The zero-order chi connectivity index (χ0) is 23.6. The average Bonchev–Trinajstić information content (AvgIpc) is 2.83. The Labute approximate surface area is 197 Å². The molecular formula is C27H36N2O4. The summed E-state index contributed by atoms with van der Waals surface area (Å²) in [5.41, 5.74) is 0.563. The van der Waals surface area contributed by atoms with Gasteiger partial charge in [0.2, 0.25) is 0 Å². The Morgan fingerprint density at radius 3 is 2.48 bits per heavy atom. The number of fused-ring (bicyclic) bond motifs is 1. The Morgan fingerprint density at radius 1 is 1.03 bits per heavy atom. The van der Waals surface area contributed by atoms with Gasteiger partial charge < -0.3 is 19.3 Å². The number of ether oxygens (including phenoxy) is 2. The van der Waals surface area contributed by atoms with Crippen molar-refractivity contribution in [1.82, 2.24) is 9.80 Å². The molecule has 6 nitrogen and oxygen atoms in total. The number of rotatable bonds is 5. The molecule has 0 aliphatic carbocycles. The molecule has 0 radical (unpaired) electrons. The fraction of sp³-hybridized carbons (Fsp3) is 0.481. The summed E-state index contributed by atoms with van der Waals surface area (Å²) in [5.74, 6) is 1.57. The van der Waals surface area contributed by atoms with Gasteiger partial charge in [-0.15, -0.1) is 0 Å². The average molecular weight is 453 g/mol. The van der Waals surface area contributed by atoms with Crippen LogP contribution >= 0.6 is 0 Å². The monoisotopic (exact) mass is 452 g/mol. The predicted octanol–water partition coefficient (Wildman–Crippen LogP) is 4.64. The van der Waals surface area contributed by atoms with Crippen molar-refractivity contribution in [2.24, 2.45) is 5.92 Å². The van der Waals surface area contributed by atoms with E-state index in [0.29, 0.717) is 42.7 Å². The molecule has 0 saturated heterocycles. The van der Waals surface area contributed by atoms with Gasteiger partial charge in [0.05, 0.1) is 11.6 Å². The van der Waals surface area contributed by atoms with E-state index in [1.807, 2.05) is 66.5 Å². The highest BCUT2D eigenvalue weighted by atomic mass is 16.5. The molecular weight excluding hydrogens is 416 g/mol. The van der Waals surface area contributed by atoms with Crippen LogP contribution in [0.15, 0.2) is 54.6 Å². The van der Waals surface area contributed by atoms with E-state index in [1.54, 1.807) is 4.90 Å². The summed E-state index contributed by atoms with van der Waals surface area (Å²) in [4.78, 5) is 29.9. The maximum atomic E-state index is 13.3. The lowest BCUT2D eigenvalue weighted by Gasteiger charge is -2.33. The molecule has 6 heteroatoms. The lowest BCUT2D eigenvalue weighted by atomic mass is 10.0. The fourth-order valence-electron chi connectivity index (χ4n) is 4.16. The molecule has 0 N–H and O–H groups in total.